The molecule has 4 heterocycles. The molecule has 0 atom stereocenters. The zero-order chi connectivity index (χ0) is 29.9. The summed E-state index contributed by atoms with van der Waals surface area (Å²) in [4.78, 5) is 26.5. The molecule has 4 fully saturated rings. The van der Waals surface area contributed by atoms with Gasteiger partial charge in [0.25, 0.3) is 0 Å². The van der Waals surface area contributed by atoms with E-state index in [1.165, 1.54) is 0 Å². The molecule has 4 aromatic heterocycles. The van der Waals surface area contributed by atoms with Crippen LogP contribution in [0.4, 0.5) is 23.5 Å². The summed E-state index contributed by atoms with van der Waals surface area (Å²) >= 11 is 0. The Labute approximate surface area is 252 Å². The fourth-order valence-electron chi connectivity index (χ4n) is 5.24. The number of hydrogen-bond donors (Lipinski definition) is 4. The van der Waals surface area contributed by atoms with Gasteiger partial charge < -0.3 is 40.7 Å². The maximum atomic E-state index is 12.5. The van der Waals surface area contributed by atoms with Crippen LogP contribution < -0.4 is 22.1 Å². The Morgan fingerprint density at radius 1 is 0.750 bits per heavy atom. The number of rotatable bonds is 16. The molecule has 4 aliphatic carbocycles. The third-order valence-electron chi connectivity index (χ3n) is 8.41. The van der Waals surface area contributed by atoms with Gasteiger partial charge in [0.05, 0.1) is 36.9 Å². The van der Waals surface area contributed by atoms with E-state index in [4.69, 9.17) is 30.0 Å². The molecule has 4 saturated carbocycles. The normalized spacial score (nSPS) is 20.0. The van der Waals surface area contributed by atoms with Crippen molar-refractivity contribution in [3.63, 3.8) is 0 Å². The zero-order valence-corrected chi connectivity index (χ0v) is 25.1. The summed E-state index contributed by atoms with van der Waals surface area (Å²) in [5.41, 5.74) is 13.7. The molecule has 0 radical (unpaired) electrons. The molecular weight excluding hydrogens is 591 g/mol. The van der Waals surface area contributed by atoms with Gasteiger partial charge in [0.2, 0.25) is 11.9 Å². The van der Waals surface area contributed by atoms with Crippen LogP contribution in [-0.2, 0) is 36.2 Å². The summed E-state index contributed by atoms with van der Waals surface area (Å²) in [6.07, 6.45) is 11.2. The number of nitrogens with zero attached hydrogens (tertiary/aromatic N) is 8. The van der Waals surface area contributed by atoms with Crippen molar-refractivity contribution in [3.05, 3.63) is 12.7 Å². The van der Waals surface area contributed by atoms with Gasteiger partial charge in [-0.2, -0.15) is 19.9 Å². The lowest BCUT2D eigenvalue weighted by molar-refractivity contribution is -0.0808. The van der Waals surface area contributed by atoms with Crippen LogP contribution in [-0.4, -0.2) is 75.9 Å². The predicted octanol–water partition coefficient (Wildman–Crippen LogP) is 2.42. The first kappa shape index (κ1) is 27.9. The molecule has 0 amide bonds. The minimum Gasteiger partial charge on any atom is -0.368 e. The minimum atomic E-state index is -2.83. The molecule has 8 rings (SSSR count). The van der Waals surface area contributed by atoms with Crippen LogP contribution in [0.5, 0.6) is 0 Å². The number of fused-ring (bicyclic) bond motifs is 2. The van der Waals surface area contributed by atoms with Crippen molar-refractivity contribution in [2.75, 3.05) is 35.7 Å². The Kier molecular flexibility index (Phi) is 6.82. The van der Waals surface area contributed by atoms with E-state index in [1.807, 2.05) is 9.13 Å². The van der Waals surface area contributed by atoms with Crippen molar-refractivity contribution in [2.24, 2.45) is 0 Å². The van der Waals surface area contributed by atoms with Gasteiger partial charge in [0, 0.05) is 12.1 Å². The molecular formula is C26H35N12O5P. The molecule has 0 aliphatic heterocycles. The topological polar surface area (TPSA) is 217 Å². The molecule has 234 valence electrons. The fourth-order valence-corrected chi connectivity index (χ4v) is 5.63. The molecule has 0 aromatic carbocycles. The summed E-state index contributed by atoms with van der Waals surface area (Å²) in [5, 5.41) is 6.74. The lowest BCUT2D eigenvalue weighted by Crippen LogP contribution is -2.23. The summed E-state index contributed by atoms with van der Waals surface area (Å²) in [6, 6.07) is 0.820. The van der Waals surface area contributed by atoms with Gasteiger partial charge in [-0.15, -0.1) is 0 Å². The number of nitrogens with two attached hydrogens (primary N) is 2. The van der Waals surface area contributed by atoms with Crippen LogP contribution in [0.15, 0.2) is 12.7 Å². The van der Waals surface area contributed by atoms with Gasteiger partial charge in [0.15, 0.2) is 47.5 Å². The second-order valence-electron chi connectivity index (χ2n) is 12.2. The van der Waals surface area contributed by atoms with Gasteiger partial charge >= 0.3 is 8.25 Å². The Bertz CT molecular complexity index is 1610. The van der Waals surface area contributed by atoms with E-state index in [2.05, 4.69) is 40.5 Å². The maximum absolute atomic E-state index is 12.5. The number of nitrogens with one attached hydrogen (secondary N) is 2. The monoisotopic (exact) mass is 626 g/mol. The lowest BCUT2D eigenvalue weighted by Gasteiger charge is -2.19. The van der Waals surface area contributed by atoms with E-state index in [0.29, 0.717) is 59.1 Å². The van der Waals surface area contributed by atoms with Crippen molar-refractivity contribution >= 4 is 54.1 Å². The second-order valence-corrected chi connectivity index (χ2v) is 13.3. The highest BCUT2D eigenvalue weighted by atomic mass is 31.1. The van der Waals surface area contributed by atoms with Gasteiger partial charge in [-0.3, -0.25) is 13.6 Å². The highest BCUT2D eigenvalue weighted by molar-refractivity contribution is 7.33. The van der Waals surface area contributed by atoms with Crippen molar-refractivity contribution in [1.29, 1.82) is 0 Å². The van der Waals surface area contributed by atoms with E-state index >= 15 is 0 Å². The lowest BCUT2D eigenvalue weighted by atomic mass is 10.3. The molecule has 0 saturated heterocycles. The Balaban J connectivity index is 0.812. The fraction of sp³-hybridized carbons (Fsp3) is 0.615. The SMILES string of the molecule is Nc1nc(NC2CC2)c2ncn(CC3(OCO[PH](=O)OCOC4(Cn5cnc6c(NC7CC7)nc(N)nc65)CC4)CC3)c2n1. The molecule has 0 unspecified atom stereocenters. The number of hydrogen-bond acceptors (Lipinski definition) is 15. The number of aromatic nitrogens is 8. The number of ether oxygens (including phenoxy) is 2. The van der Waals surface area contributed by atoms with Crippen LogP contribution >= 0.6 is 8.25 Å². The van der Waals surface area contributed by atoms with Crippen molar-refractivity contribution in [1.82, 2.24) is 39.0 Å². The summed E-state index contributed by atoms with van der Waals surface area (Å²) in [5.74, 6) is 1.69. The van der Waals surface area contributed by atoms with E-state index in [0.717, 1.165) is 51.4 Å². The average molecular weight is 627 g/mol. The summed E-state index contributed by atoms with van der Waals surface area (Å²) in [7, 11) is -2.83. The van der Waals surface area contributed by atoms with Crippen LogP contribution in [0.3, 0.4) is 0 Å². The molecule has 0 spiro atoms. The molecule has 4 aromatic rings. The van der Waals surface area contributed by atoms with E-state index in [-0.39, 0.29) is 25.5 Å². The first-order valence-electron chi connectivity index (χ1n) is 14.9. The average Bonchev–Trinajstić information content (AvgIpc) is 3.80. The zero-order valence-electron chi connectivity index (χ0n) is 24.1. The van der Waals surface area contributed by atoms with Crippen molar-refractivity contribution < 1.29 is 23.1 Å². The molecule has 17 nitrogen and oxygen atoms in total. The Morgan fingerprint density at radius 3 is 1.57 bits per heavy atom. The largest absolute Gasteiger partial charge is 0.368 e. The standard InChI is InChI=1S/C26H35N12O5P/c27-23-33-19(31-15-1-2-15)17-21(35-23)37(11-29-17)9-25(5-6-25)40-13-42-44(39)43-14-41-26(7-8-26)10-38-12-30-18-20(32-16-3-4-16)34-24(28)36-22(18)38/h11-12,15-16,44H,1-10,13-14H2,(H3,27,31,33,35)(H3,28,32,34,36). The first-order chi connectivity index (χ1) is 21.4. The van der Waals surface area contributed by atoms with Gasteiger partial charge in [-0.1, -0.05) is 0 Å². The quantitative estimate of drug-likeness (QED) is 0.104. The summed E-state index contributed by atoms with van der Waals surface area (Å²) < 4.78 is 39.0. The van der Waals surface area contributed by atoms with E-state index < -0.39 is 19.5 Å². The van der Waals surface area contributed by atoms with Crippen molar-refractivity contribution in [3.8, 4) is 0 Å². The van der Waals surface area contributed by atoms with Crippen LogP contribution in [0, 0.1) is 0 Å². The van der Waals surface area contributed by atoms with Gasteiger partial charge in [-0.25, -0.2) is 9.97 Å². The second kappa shape index (κ2) is 10.8. The molecule has 44 heavy (non-hydrogen) atoms. The van der Waals surface area contributed by atoms with Crippen LogP contribution in [0.2, 0.25) is 0 Å². The smallest absolute Gasteiger partial charge is 0.323 e. The predicted molar refractivity (Wildman–Crippen MR) is 160 cm³/mol. The Hall–Kier alpha value is -3.63. The molecule has 4 aliphatic rings. The van der Waals surface area contributed by atoms with Crippen molar-refractivity contribution in [2.45, 2.75) is 87.7 Å². The Morgan fingerprint density at radius 2 is 1.18 bits per heavy atom. The summed E-state index contributed by atoms with van der Waals surface area (Å²) in [6.45, 7) is 0.690. The first-order valence-corrected chi connectivity index (χ1v) is 16.2. The minimum absolute atomic E-state index is 0.166. The van der Waals surface area contributed by atoms with Crippen LogP contribution in [0.1, 0.15) is 51.4 Å². The van der Waals surface area contributed by atoms with Gasteiger partial charge in [0.1, 0.15) is 0 Å². The van der Waals surface area contributed by atoms with Crippen LogP contribution in [0.25, 0.3) is 22.3 Å². The molecule has 6 N–H and O–H groups in total. The molecule has 0 bridgehead atoms. The highest BCUT2D eigenvalue weighted by Crippen LogP contribution is 2.44. The molecule has 18 heteroatoms. The van der Waals surface area contributed by atoms with E-state index in [9.17, 15) is 4.57 Å². The van der Waals surface area contributed by atoms with E-state index in [1.54, 1.807) is 12.7 Å². The highest BCUT2D eigenvalue weighted by Gasteiger charge is 2.46. The third-order valence-corrected chi connectivity index (χ3v) is 9.12. The third kappa shape index (κ3) is 6.02. The number of nitrogen functional groups attached to an aromatic ring is 2. The number of anilines is 4. The van der Waals surface area contributed by atoms with Gasteiger partial charge in [-0.05, 0) is 51.4 Å². The maximum Gasteiger partial charge on any atom is 0.323 e. The number of imidazole rings is 2.